The number of aryl methyl sites for hydroxylation is 1. The predicted octanol–water partition coefficient (Wildman–Crippen LogP) is 2.14. The molecule has 0 amide bonds. The molecule has 0 saturated carbocycles. The number of aliphatic hydroxyl groups excluding tert-OH is 1. The van der Waals surface area contributed by atoms with Crippen LogP contribution in [0.4, 0.5) is 17.1 Å². The van der Waals surface area contributed by atoms with Gasteiger partial charge in [-0.1, -0.05) is 6.07 Å². The minimum absolute atomic E-state index is 0.0240. The molecule has 132 valence electrons. The average molecular weight is 335 g/mol. The van der Waals surface area contributed by atoms with Crippen LogP contribution in [0.1, 0.15) is 12.5 Å². The van der Waals surface area contributed by atoms with Gasteiger partial charge < -0.3 is 26.4 Å². The Hall–Kier alpha value is -2.64. The van der Waals surface area contributed by atoms with Gasteiger partial charge in [0.1, 0.15) is 18.1 Å². The van der Waals surface area contributed by atoms with Gasteiger partial charge in [0, 0.05) is 18.3 Å². The molecule has 2 aromatic rings. The summed E-state index contributed by atoms with van der Waals surface area (Å²) < 4.78 is 5.11. The molecule has 0 heterocycles. The van der Waals surface area contributed by atoms with Crippen molar-refractivity contribution in [1.82, 2.24) is 0 Å². The highest BCUT2D eigenvalue weighted by Gasteiger charge is 2.02. The second-order valence-electron chi connectivity index (χ2n) is 5.06. The van der Waals surface area contributed by atoms with Gasteiger partial charge >= 0.3 is 0 Å². The van der Waals surface area contributed by atoms with Gasteiger partial charge in [-0.3, -0.25) is 10.3 Å². The van der Waals surface area contributed by atoms with Gasteiger partial charge in [-0.15, -0.1) is 0 Å². The third kappa shape index (κ3) is 5.86. The van der Waals surface area contributed by atoms with Gasteiger partial charge in [0.05, 0.1) is 18.0 Å². The highest BCUT2D eigenvalue weighted by atomic mass is 16.5. The molecular weight excluding hydrogens is 310 g/mol. The van der Waals surface area contributed by atoms with Crippen LogP contribution < -0.4 is 21.3 Å². The molecule has 24 heavy (non-hydrogen) atoms. The van der Waals surface area contributed by atoms with Crippen molar-refractivity contribution in [3.05, 3.63) is 42.0 Å². The van der Waals surface area contributed by atoms with Gasteiger partial charge in [-0.25, -0.2) is 0 Å². The predicted molar refractivity (Wildman–Crippen MR) is 95.5 cm³/mol. The first-order valence-electron chi connectivity index (χ1n) is 7.53. The van der Waals surface area contributed by atoms with Crippen molar-refractivity contribution >= 4 is 17.1 Å². The monoisotopic (exact) mass is 335 g/mol. The van der Waals surface area contributed by atoms with Crippen molar-refractivity contribution in [3.63, 3.8) is 0 Å². The summed E-state index contributed by atoms with van der Waals surface area (Å²) in [7, 11) is 0. The van der Waals surface area contributed by atoms with E-state index in [1.54, 1.807) is 36.4 Å². The molecule has 0 spiro atoms. The zero-order chi connectivity index (χ0) is 18.1. The number of hydrogen-bond donors (Lipinski definition) is 5. The number of hydrogen-bond acceptors (Lipinski definition) is 7. The van der Waals surface area contributed by atoms with E-state index in [4.69, 9.17) is 21.3 Å². The number of ether oxygens (including phenoxy) is 1. The van der Waals surface area contributed by atoms with Crippen LogP contribution in [0, 0.1) is 6.92 Å². The van der Waals surface area contributed by atoms with Crippen LogP contribution in [0.15, 0.2) is 36.4 Å². The van der Waals surface area contributed by atoms with Crippen molar-refractivity contribution in [3.8, 4) is 11.5 Å². The van der Waals surface area contributed by atoms with E-state index in [2.05, 4.69) is 0 Å². The Morgan fingerprint density at radius 2 is 1.83 bits per heavy atom. The number of aliphatic hydroxyl groups is 1. The summed E-state index contributed by atoms with van der Waals surface area (Å²) in [5.74, 6) is 0.762. The Labute approximate surface area is 141 Å². The quantitative estimate of drug-likeness (QED) is 0.418. The molecule has 0 aromatic heterocycles. The summed E-state index contributed by atoms with van der Waals surface area (Å²) in [5.41, 5.74) is 13.6. The number of nitrogen functional groups attached to an aromatic ring is 2. The number of benzene rings is 2. The lowest BCUT2D eigenvalue weighted by Crippen LogP contribution is -2.16. The maximum atomic E-state index is 9.31. The Kier molecular flexibility index (Phi) is 7.67. The summed E-state index contributed by atoms with van der Waals surface area (Å²) in [5, 5.41) is 28.1. The highest BCUT2D eigenvalue weighted by molar-refractivity contribution is 5.60. The summed E-state index contributed by atoms with van der Waals surface area (Å²) >= 11 is 0. The van der Waals surface area contributed by atoms with E-state index in [0.29, 0.717) is 29.4 Å². The molecule has 0 unspecified atom stereocenters. The maximum Gasteiger partial charge on any atom is 0.142 e. The van der Waals surface area contributed by atoms with E-state index in [-0.39, 0.29) is 19.0 Å². The molecular formula is C17H25N3O4. The summed E-state index contributed by atoms with van der Waals surface area (Å²) in [6, 6.07) is 10.1. The highest BCUT2D eigenvalue weighted by Crippen LogP contribution is 2.23. The number of phenols is 1. The first-order valence-corrected chi connectivity index (χ1v) is 7.53. The molecule has 0 radical (unpaired) electrons. The first-order chi connectivity index (χ1) is 11.4. The first kappa shape index (κ1) is 19.4. The lowest BCUT2D eigenvalue weighted by Gasteiger charge is -2.14. The molecule has 0 fully saturated rings. The van der Waals surface area contributed by atoms with Crippen LogP contribution in [0.2, 0.25) is 0 Å². The number of nitrogens with two attached hydrogens (primary N) is 2. The maximum absolute atomic E-state index is 9.31. The number of rotatable bonds is 5. The van der Waals surface area contributed by atoms with Gasteiger partial charge in [-0.2, -0.15) is 0 Å². The minimum Gasteiger partial charge on any atom is -0.508 e. The molecule has 0 atom stereocenters. The summed E-state index contributed by atoms with van der Waals surface area (Å²) in [6.07, 6.45) is 0. The Balaban J connectivity index is 0.000000240. The van der Waals surface area contributed by atoms with Crippen molar-refractivity contribution in [2.24, 2.45) is 0 Å². The summed E-state index contributed by atoms with van der Waals surface area (Å²) in [6.45, 7) is 4.37. The number of nitrogens with zero attached hydrogens (tertiary/aromatic N) is 1. The average Bonchev–Trinajstić information content (AvgIpc) is 2.56. The van der Waals surface area contributed by atoms with Crippen LogP contribution in [-0.4, -0.2) is 35.2 Å². The smallest absolute Gasteiger partial charge is 0.142 e. The Bertz CT molecular complexity index is 650. The number of anilines is 3. The molecule has 0 aliphatic carbocycles. The fourth-order valence-electron chi connectivity index (χ4n) is 1.79. The zero-order valence-corrected chi connectivity index (χ0v) is 13.9. The molecule has 0 aliphatic rings. The van der Waals surface area contributed by atoms with Gasteiger partial charge in [0.15, 0.2) is 0 Å². The van der Waals surface area contributed by atoms with E-state index in [1.807, 2.05) is 13.8 Å². The number of hydroxylamine groups is 1. The fourth-order valence-corrected chi connectivity index (χ4v) is 1.79. The molecule has 0 bridgehead atoms. The van der Waals surface area contributed by atoms with Crippen LogP contribution >= 0.6 is 0 Å². The third-order valence-electron chi connectivity index (χ3n) is 3.17. The van der Waals surface area contributed by atoms with E-state index < -0.39 is 0 Å². The van der Waals surface area contributed by atoms with Crippen LogP contribution in [-0.2, 0) is 0 Å². The van der Waals surface area contributed by atoms with Crippen molar-refractivity contribution in [2.75, 3.05) is 36.3 Å². The summed E-state index contributed by atoms with van der Waals surface area (Å²) in [4.78, 5) is 0. The van der Waals surface area contributed by atoms with Crippen molar-refractivity contribution in [2.45, 2.75) is 13.8 Å². The molecule has 0 aliphatic heterocycles. The molecule has 2 rings (SSSR count). The second-order valence-corrected chi connectivity index (χ2v) is 5.06. The SMILES string of the molecule is CCN(O)c1ccc(C)c(O)c1.Nc1ccc(OCCO)c(N)c1. The van der Waals surface area contributed by atoms with E-state index >= 15 is 0 Å². The van der Waals surface area contributed by atoms with E-state index in [0.717, 1.165) is 10.6 Å². The Morgan fingerprint density at radius 1 is 1.12 bits per heavy atom. The van der Waals surface area contributed by atoms with Gasteiger partial charge in [0.25, 0.3) is 0 Å². The number of aromatic hydroxyl groups is 1. The van der Waals surface area contributed by atoms with Gasteiger partial charge in [-0.05, 0) is 43.7 Å². The number of phenolic OH excluding ortho intramolecular Hbond substituents is 1. The molecule has 7 nitrogen and oxygen atoms in total. The van der Waals surface area contributed by atoms with Crippen molar-refractivity contribution in [1.29, 1.82) is 0 Å². The third-order valence-corrected chi connectivity index (χ3v) is 3.17. The molecule has 0 saturated heterocycles. The van der Waals surface area contributed by atoms with Crippen LogP contribution in [0.25, 0.3) is 0 Å². The minimum atomic E-state index is -0.0240. The largest absolute Gasteiger partial charge is 0.508 e. The lowest BCUT2D eigenvalue weighted by molar-refractivity contribution is 0.202. The topological polar surface area (TPSA) is 125 Å². The van der Waals surface area contributed by atoms with Crippen molar-refractivity contribution < 1.29 is 20.2 Å². The van der Waals surface area contributed by atoms with Crippen LogP contribution in [0.3, 0.4) is 0 Å². The molecule has 7 heteroatoms. The lowest BCUT2D eigenvalue weighted by atomic mass is 10.2. The van der Waals surface area contributed by atoms with E-state index in [9.17, 15) is 10.3 Å². The van der Waals surface area contributed by atoms with Crippen LogP contribution in [0.5, 0.6) is 11.5 Å². The fraction of sp³-hybridized carbons (Fsp3) is 0.294. The molecule has 7 N–H and O–H groups in total. The van der Waals surface area contributed by atoms with E-state index in [1.165, 1.54) is 0 Å². The zero-order valence-electron chi connectivity index (χ0n) is 13.9. The second kappa shape index (κ2) is 9.49. The van der Waals surface area contributed by atoms with Gasteiger partial charge in [0.2, 0.25) is 0 Å². The normalized spacial score (nSPS) is 9.83. The standard InChI is InChI=1S/C9H13NO2.C8H12N2O2/c1-3-10(12)8-5-4-7(2)9(11)6-8;9-6-1-2-8(7(10)5-6)12-4-3-11/h4-6,11-12H,3H2,1-2H3;1-2,5,11H,3-4,9-10H2. The Morgan fingerprint density at radius 3 is 2.38 bits per heavy atom. The molecule has 2 aromatic carbocycles.